The normalized spacial score (nSPS) is 15.4. The molecule has 1 amide bonds. The molecule has 3 rings (SSSR count). The number of rotatable bonds is 4. The van der Waals surface area contributed by atoms with E-state index in [1.807, 2.05) is 0 Å². The van der Waals surface area contributed by atoms with Crippen molar-refractivity contribution in [2.45, 2.75) is 6.42 Å². The van der Waals surface area contributed by atoms with Gasteiger partial charge in [0.1, 0.15) is 5.82 Å². The monoisotopic (exact) mass is 348 g/mol. The van der Waals surface area contributed by atoms with E-state index in [4.69, 9.17) is 0 Å². The average Bonchev–Trinajstić information content (AvgIpc) is 2.63. The van der Waals surface area contributed by atoms with Gasteiger partial charge in [0.25, 0.3) is 5.91 Å². The van der Waals surface area contributed by atoms with Crippen molar-refractivity contribution in [2.75, 3.05) is 32.7 Å². The van der Waals surface area contributed by atoms with Crippen molar-refractivity contribution >= 4 is 5.91 Å². The summed E-state index contributed by atoms with van der Waals surface area (Å²) in [6.45, 7) is 3.36. The van der Waals surface area contributed by atoms with Crippen LogP contribution in [0.1, 0.15) is 15.9 Å². The maximum absolute atomic E-state index is 13.3. The summed E-state index contributed by atoms with van der Waals surface area (Å²) in [4.78, 5) is 16.3. The zero-order valence-electron chi connectivity index (χ0n) is 13.7. The number of benzene rings is 2. The third-order valence-electron chi connectivity index (χ3n) is 4.46. The molecule has 0 aromatic heterocycles. The Kier molecular flexibility index (Phi) is 5.38. The van der Waals surface area contributed by atoms with Crippen LogP contribution in [0.4, 0.5) is 13.2 Å². The van der Waals surface area contributed by atoms with E-state index in [9.17, 15) is 18.0 Å². The zero-order valence-corrected chi connectivity index (χ0v) is 13.7. The fourth-order valence-electron chi connectivity index (χ4n) is 2.92. The first-order valence-electron chi connectivity index (χ1n) is 8.24. The highest BCUT2D eigenvalue weighted by atomic mass is 19.2. The Bertz CT molecular complexity index is 741. The van der Waals surface area contributed by atoms with Gasteiger partial charge in [0.15, 0.2) is 11.6 Å². The molecule has 1 fully saturated rings. The first-order chi connectivity index (χ1) is 12.0. The largest absolute Gasteiger partial charge is 0.336 e. The Balaban J connectivity index is 1.50. The number of halogens is 3. The smallest absolute Gasteiger partial charge is 0.254 e. The highest BCUT2D eigenvalue weighted by molar-refractivity contribution is 5.94. The molecule has 0 bridgehead atoms. The van der Waals surface area contributed by atoms with Gasteiger partial charge in [-0.3, -0.25) is 9.69 Å². The van der Waals surface area contributed by atoms with Crippen LogP contribution in [-0.2, 0) is 6.42 Å². The van der Waals surface area contributed by atoms with Gasteiger partial charge in [-0.05, 0) is 42.3 Å². The lowest BCUT2D eigenvalue weighted by atomic mass is 10.1. The molecule has 6 heteroatoms. The van der Waals surface area contributed by atoms with Gasteiger partial charge >= 0.3 is 0 Å². The standard InChI is InChI=1S/C19H19F3N2O/c20-16-4-1-14(2-5-16)7-8-23-9-11-24(12-10-23)19(25)15-3-6-17(21)18(22)13-15/h1-6,13H,7-12H2. The number of hydrogen-bond donors (Lipinski definition) is 0. The molecule has 2 aromatic carbocycles. The summed E-state index contributed by atoms with van der Waals surface area (Å²) < 4.78 is 39.1. The van der Waals surface area contributed by atoms with Gasteiger partial charge in [0.05, 0.1) is 0 Å². The number of carbonyl (C=O) groups excluding carboxylic acids is 1. The Morgan fingerprint density at radius 3 is 2.20 bits per heavy atom. The second kappa shape index (κ2) is 7.70. The van der Waals surface area contributed by atoms with Crippen LogP contribution in [0.15, 0.2) is 42.5 Å². The second-order valence-electron chi connectivity index (χ2n) is 6.14. The molecule has 0 spiro atoms. The fraction of sp³-hybridized carbons (Fsp3) is 0.316. The molecule has 25 heavy (non-hydrogen) atoms. The summed E-state index contributed by atoms with van der Waals surface area (Å²) in [5.41, 5.74) is 1.24. The third-order valence-corrected chi connectivity index (χ3v) is 4.46. The lowest BCUT2D eigenvalue weighted by Crippen LogP contribution is -2.49. The Hall–Kier alpha value is -2.34. The van der Waals surface area contributed by atoms with Crippen molar-refractivity contribution in [1.82, 2.24) is 9.80 Å². The van der Waals surface area contributed by atoms with Gasteiger partial charge in [-0.15, -0.1) is 0 Å². The van der Waals surface area contributed by atoms with Crippen LogP contribution in [0.2, 0.25) is 0 Å². The molecule has 1 heterocycles. The van der Waals surface area contributed by atoms with E-state index >= 15 is 0 Å². The predicted octanol–water partition coefficient (Wildman–Crippen LogP) is 3.10. The second-order valence-corrected chi connectivity index (χ2v) is 6.14. The lowest BCUT2D eigenvalue weighted by molar-refractivity contribution is 0.0638. The minimum Gasteiger partial charge on any atom is -0.336 e. The molecule has 0 atom stereocenters. The van der Waals surface area contributed by atoms with Gasteiger partial charge in [-0.25, -0.2) is 13.2 Å². The zero-order chi connectivity index (χ0) is 17.8. The van der Waals surface area contributed by atoms with Gasteiger partial charge in [-0.2, -0.15) is 0 Å². The molecule has 1 saturated heterocycles. The van der Waals surface area contributed by atoms with Crippen molar-refractivity contribution in [3.63, 3.8) is 0 Å². The van der Waals surface area contributed by atoms with E-state index in [1.54, 1.807) is 17.0 Å². The highest BCUT2D eigenvalue weighted by Gasteiger charge is 2.22. The molecule has 1 aliphatic rings. The van der Waals surface area contributed by atoms with Crippen LogP contribution in [-0.4, -0.2) is 48.4 Å². The van der Waals surface area contributed by atoms with Crippen molar-refractivity contribution in [3.8, 4) is 0 Å². The first-order valence-corrected chi connectivity index (χ1v) is 8.24. The Morgan fingerprint density at radius 2 is 1.56 bits per heavy atom. The van der Waals surface area contributed by atoms with E-state index in [2.05, 4.69) is 4.90 Å². The molecule has 0 aliphatic carbocycles. The number of nitrogens with zero attached hydrogens (tertiary/aromatic N) is 2. The van der Waals surface area contributed by atoms with Gasteiger partial charge in [0, 0.05) is 38.3 Å². The molecule has 3 nitrogen and oxygen atoms in total. The molecule has 0 unspecified atom stereocenters. The lowest BCUT2D eigenvalue weighted by Gasteiger charge is -2.34. The summed E-state index contributed by atoms with van der Waals surface area (Å²) >= 11 is 0. The molecule has 0 radical (unpaired) electrons. The predicted molar refractivity (Wildman–Crippen MR) is 88.8 cm³/mol. The Labute approximate surface area is 144 Å². The topological polar surface area (TPSA) is 23.6 Å². The molecule has 0 N–H and O–H groups in total. The molecular formula is C19H19F3N2O. The number of carbonyl (C=O) groups is 1. The summed E-state index contributed by atoms with van der Waals surface area (Å²) in [5.74, 6) is -2.49. The van der Waals surface area contributed by atoms with Gasteiger partial charge in [-0.1, -0.05) is 12.1 Å². The maximum Gasteiger partial charge on any atom is 0.254 e. The number of hydrogen-bond acceptors (Lipinski definition) is 2. The van der Waals surface area contributed by atoms with E-state index < -0.39 is 11.6 Å². The summed E-state index contributed by atoms with van der Waals surface area (Å²) in [5, 5.41) is 0. The van der Waals surface area contributed by atoms with E-state index in [0.29, 0.717) is 13.1 Å². The average molecular weight is 348 g/mol. The number of piperazine rings is 1. The van der Waals surface area contributed by atoms with E-state index in [0.717, 1.165) is 43.8 Å². The van der Waals surface area contributed by atoms with Crippen LogP contribution in [0.3, 0.4) is 0 Å². The van der Waals surface area contributed by atoms with Crippen molar-refractivity contribution in [3.05, 3.63) is 71.0 Å². The highest BCUT2D eigenvalue weighted by Crippen LogP contribution is 2.13. The number of amides is 1. The van der Waals surface area contributed by atoms with Crippen LogP contribution >= 0.6 is 0 Å². The minimum atomic E-state index is -1.01. The van der Waals surface area contributed by atoms with Crippen molar-refractivity contribution in [1.29, 1.82) is 0 Å². The summed E-state index contributed by atoms with van der Waals surface area (Å²) in [7, 11) is 0. The van der Waals surface area contributed by atoms with Crippen molar-refractivity contribution in [2.24, 2.45) is 0 Å². The van der Waals surface area contributed by atoms with Crippen LogP contribution in [0, 0.1) is 17.5 Å². The molecular weight excluding hydrogens is 329 g/mol. The molecule has 2 aromatic rings. The van der Waals surface area contributed by atoms with Crippen molar-refractivity contribution < 1.29 is 18.0 Å². The van der Waals surface area contributed by atoms with E-state index in [-0.39, 0.29) is 17.3 Å². The van der Waals surface area contributed by atoms with Crippen LogP contribution in [0.5, 0.6) is 0 Å². The SMILES string of the molecule is O=C(c1ccc(F)c(F)c1)N1CCN(CCc2ccc(F)cc2)CC1. The molecule has 1 aliphatic heterocycles. The summed E-state index contributed by atoms with van der Waals surface area (Å²) in [6.07, 6.45) is 0.817. The Morgan fingerprint density at radius 1 is 0.880 bits per heavy atom. The van der Waals surface area contributed by atoms with Crippen LogP contribution < -0.4 is 0 Å². The third kappa shape index (κ3) is 4.39. The first kappa shape index (κ1) is 17.5. The van der Waals surface area contributed by atoms with Gasteiger partial charge < -0.3 is 4.90 Å². The minimum absolute atomic E-state index is 0.165. The maximum atomic E-state index is 13.3. The van der Waals surface area contributed by atoms with E-state index in [1.165, 1.54) is 18.2 Å². The molecule has 132 valence electrons. The van der Waals surface area contributed by atoms with Gasteiger partial charge in [0.2, 0.25) is 0 Å². The molecule has 0 saturated carbocycles. The van der Waals surface area contributed by atoms with Crippen LogP contribution in [0.25, 0.3) is 0 Å². The summed E-state index contributed by atoms with van der Waals surface area (Å²) in [6, 6.07) is 9.68. The quantitative estimate of drug-likeness (QED) is 0.848. The fourth-order valence-corrected chi connectivity index (χ4v) is 2.92.